The van der Waals surface area contributed by atoms with Crippen molar-refractivity contribution >= 4 is 33.3 Å². The Kier molecular flexibility index (Phi) is 9.22. The summed E-state index contributed by atoms with van der Waals surface area (Å²) in [6.45, 7) is 6.98. The highest BCUT2D eigenvalue weighted by Crippen LogP contribution is 2.31. The van der Waals surface area contributed by atoms with Crippen LogP contribution in [0, 0.1) is 17.7 Å². The number of fused-ring (bicyclic) bond motifs is 1. The van der Waals surface area contributed by atoms with Crippen LogP contribution in [-0.4, -0.2) is 44.3 Å². The average molecular weight is 560 g/mol. The van der Waals surface area contributed by atoms with E-state index in [1.54, 1.807) is 17.0 Å². The van der Waals surface area contributed by atoms with Crippen molar-refractivity contribution in [1.82, 2.24) is 15.0 Å². The zero-order valence-corrected chi connectivity index (χ0v) is 23.6. The minimum atomic E-state index is -3.87. The first-order valence-electron chi connectivity index (χ1n) is 13.7. The Labute approximate surface area is 230 Å². The van der Waals surface area contributed by atoms with Crippen LogP contribution in [0.15, 0.2) is 41.4 Å². The number of carbonyl (C=O) groups excluding carboxylic acids is 2. The second kappa shape index (κ2) is 12.4. The van der Waals surface area contributed by atoms with Gasteiger partial charge in [0.25, 0.3) is 0 Å². The molecule has 212 valence electrons. The lowest BCUT2D eigenvalue weighted by atomic mass is 9.85. The van der Waals surface area contributed by atoms with Crippen LogP contribution in [0.3, 0.4) is 0 Å². The first-order chi connectivity index (χ1) is 18.5. The highest BCUT2D eigenvalue weighted by atomic mass is 32.2. The molecule has 9 nitrogen and oxygen atoms in total. The summed E-state index contributed by atoms with van der Waals surface area (Å²) in [5, 5.41) is 6.12. The van der Waals surface area contributed by atoms with E-state index < -0.39 is 10.0 Å². The molecule has 0 saturated heterocycles. The molecular weight excluding hydrogens is 521 g/mol. The van der Waals surface area contributed by atoms with Crippen molar-refractivity contribution in [2.45, 2.75) is 76.3 Å². The largest absolute Gasteiger partial charge is 0.367 e. The topological polar surface area (TPSA) is 120 Å². The summed E-state index contributed by atoms with van der Waals surface area (Å²) < 4.78 is 42.4. The number of rotatable bonds is 9. The van der Waals surface area contributed by atoms with Crippen LogP contribution >= 0.6 is 0 Å². The zero-order chi connectivity index (χ0) is 28.2. The van der Waals surface area contributed by atoms with Crippen LogP contribution in [0.1, 0.15) is 70.9 Å². The summed E-state index contributed by atoms with van der Waals surface area (Å²) in [6, 6.07) is 7.00. The van der Waals surface area contributed by atoms with Crippen molar-refractivity contribution in [1.29, 1.82) is 0 Å². The lowest BCUT2D eigenvalue weighted by Crippen LogP contribution is -2.42. The van der Waals surface area contributed by atoms with Gasteiger partial charge < -0.3 is 15.5 Å². The summed E-state index contributed by atoms with van der Waals surface area (Å²) in [5.41, 5.74) is 1.30. The third-order valence-corrected chi connectivity index (χ3v) is 8.94. The van der Waals surface area contributed by atoms with Gasteiger partial charge in [-0.15, -0.1) is 0 Å². The van der Waals surface area contributed by atoms with Gasteiger partial charge in [-0.2, -0.15) is 0 Å². The maximum atomic E-state index is 13.2. The Morgan fingerprint density at radius 2 is 1.82 bits per heavy atom. The quantitative estimate of drug-likeness (QED) is 0.425. The van der Waals surface area contributed by atoms with E-state index in [4.69, 9.17) is 0 Å². The standard InChI is InChI=1S/C28H38FN5O4S/c1-18(2)4-13-26(35)34-15-14-30-27-25(34)16-24(17-31-27)39(37,38)33-23-11-7-21(8-12-23)28(36)32-19(3)20-5-9-22(29)10-6-20/h5-6,9-10,16-19,21,23,33H,4,7-8,11-15H2,1-3H3,(H,30,31)(H,32,36)/t19-,21?,23?/m1/s1. The molecule has 1 fully saturated rings. The van der Waals surface area contributed by atoms with Crippen LogP contribution in [0.25, 0.3) is 0 Å². The van der Waals surface area contributed by atoms with Crippen LogP contribution in [0.5, 0.6) is 0 Å². The maximum Gasteiger partial charge on any atom is 0.242 e. The highest BCUT2D eigenvalue weighted by molar-refractivity contribution is 7.89. The molecule has 0 bridgehead atoms. The first kappa shape index (κ1) is 28.9. The third kappa shape index (κ3) is 7.33. The Hall–Kier alpha value is -3.05. The van der Waals surface area contributed by atoms with E-state index in [2.05, 4.69) is 34.2 Å². The molecule has 2 amide bonds. The van der Waals surface area contributed by atoms with Gasteiger partial charge in [0.05, 0.1) is 11.7 Å². The van der Waals surface area contributed by atoms with Gasteiger partial charge in [-0.1, -0.05) is 26.0 Å². The van der Waals surface area contributed by atoms with E-state index in [-0.39, 0.29) is 40.5 Å². The molecular formula is C28H38FN5O4S. The lowest BCUT2D eigenvalue weighted by molar-refractivity contribution is -0.126. The lowest BCUT2D eigenvalue weighted by Gasteiger charge is -2.31. The monoisotopic (exact) mass is 559 g/mol. The van der Waals surface area contributed by atoms with E-state index in [1.165, 1.54) is 24.4 Å². The summed E-state index contributed by atoms with van der Waals surface area (Å²) in [7, 11) is -3.87. The number of benzene rings is 1. The van der Waals surface area contributed by atoms with Gasteiger partial charge in [0, 0.05) is 37.7 Å². The number of nitrogens with zero attached hydrogens (tertiary/aromatic N) is 2. The molecule has 1 atom stereocenters. The Morgan fingerprint density at radius 1 is 1.13 bits per heavy atom. The fourth-order valence-corrected chi connectivity index (χ4v) is 6.33. The predicted octanol–water partition coefficient (Wildman–Crippen LogP) is 4.13. The summed E-state index contributed by atoms with van der Waals surface area (Å²) in [4.78, 5) is 31.6. The summed E-state index contributed by atoms with van der Waals surface area (Å²) in [6.07, 6.45) is 4.64. The second-order valence-corrected chi connectivity index (χ2v) is 12.6. The molecule has 1 saturated carbocycles. The van der Waals surface area contributed by atoms with Gasteiger partial charge in [0.15, 0.2) is 0 Å². The van der Waals surface area contributed by atoms with Crippen molar-refractivity contribution in [3.8, 4) is 0 Å². The molecule has 39 heavy (non-hydrogen) atoms. The number of amides is 2. The second-order valence-electron chi connectivity index (χ2n) is 10.9. The zero-order valence-electron chi connectivity index (χ0n) is 22.7. The summed E-state index contributed by atoms with van der Waals surface area (Å²) in [5.74, 6) is 0.232. The normalized spacial score (nSPS) is 20.2. The first-order valence-corrected chi connectivity index (χ1v) is 15.1. The number of halogens is 1. The maximum absolute atomic E-state index is 13.2. The molecule has 2 heterocycles. The number of sulfonamides is 1. The fourth-order valence-electron chi connectivity index (χ4n) is 5.06. The van der Waals surface area contributed by atoms with Crippen LogP contribution in [0.2, 0.25) is 0 Å². The molecule has 11 heteroatoms. The van der Waals surface area contributed by atoms with Gasteiger partial charge >= 0.3 is 0 Å². The number of anilines is 2. The van der Waals surface area contributed by atoms with Crippen molar-refractivity contribution in [2.75, 3.05) is 23.3 Å². The molecule has 0 unspecified atom stereocenters. The molecule has 1 aromatic carbocycles. The van der Waals surface area contributed by atoms with Gasteiger partial charge in [0.1, 0.15) is 16.5 Å². The van der Waals surface area contributed by atoms with E-state index >= 15 is 0 Å². The Morgan fingerprint density at radius 3 is 2.49 bits per heavy atom. The van der Waals surface area contributed by atoms with Gasteiger partial charge in [-0.3, -0.25) is 9.59 Å². The van der Waals surface area contributed by atoms with Gasteiger partial charge in [0.2, 0.25) is 21.8 Å². The third-order valence-electron chi connectivity index (χ3n) is 7.46. The number of carbonyl (C=O) groups is 2. The molecule has 1 aliphatic carbocycles. The van der Waals surface area contributed by atoms with Crippen molar-refractivity contribution < 1.29 is 22.4 Å². The molecule has 0 spiro atoms. The molecule has 3 N–H and O–H groups in total. The molecule has 1 aromatic heterocycles. The van der Waals surface area contributed by atoms with Crippen LogP contribution in [0.4, 0.5) is 15.9 Å². The number of aromatic nitrogens is 1. The minimum Gasteiger partial charge on any atom is -0.367 e. The smallest absolute Gasteiger partial charge is 0.242 e. The van der Waals surface area contributed by atoms with E-state index in [0.29, 0.717) is 62.6 Å². The molecule has 2 aliphatic rings. The Bertz CT molecular complexity index is 1280. The minimum absolute atomic E-state index is 0.0135. The highest BCUT2D eigenvalue weighted by Gasteiger charge is 2.31. The van der Waals surface area contributed by atoms with E-state index in [9.17, 15) is 22.4 Å². The molecule has 2 aromatic rings. The molecule has 0 radical (unpaired) electrons. The fraction of sp³-hybridized carbons (Fsp3) is 0.536. The van der Waals surface area contributed by atoms with Crippen LogP contribution < -0.4 is 20.3 Å². The SMILES string of the molecule is CC(C)CCC(=O)N1CCNc2ncc(S(=O)(=O)NC3CCC(C(=O)N[C@H](C)c4ccc(F)cc4)CC3)cc21. The average Bonchev–Trinajstić information content (AvgIpc) is 2.91. The predicted molar refractivity (Wildman–Crippen MR) is 148 cm³/mol. The number of hydrogen-bond donors (Lipinski definition) is 3. The number of pyridine rings is 1. The van der Waals surface area contributed by atoms with Crippen molar-refractivity contribution in [3.05, 3.63) is 47.9 Å². The van der Waals surface area contributed by atoms with E-state index in [1.807, 2.05) is 6.92 Å². The van der Waals surface area contributed by atoms with Gasteiger partial charge in [-0.05, 0) is 68.7 Å². The van der Waals surface area contributed by atoms with Crippen molar-refractivity contribution in [2.24, 2.45) is 11.8 Å². The van der Waals surface area contributed by atoms with Crippen LogP contribution in [-0.2, 0) is 19.6 Å². The molecule has 1 aliphatic heterocycles. The van der Waals surface area contributed by atoms with Crippen molar-refractivity contribution in [3.63, 3.8) is 0 Å². The summed E-state index contributed by atoms with van der Waals surface area (Å²) >= 11 is 0. The molecule has 4 rings (SSSR count). The number of hydrogen-bond acceptors (Lipinski definition) is 6. The van der Waals surface area contributed by atoms with Gasteiger partial charge in [-0.25, -0.2) is 22.5 Å². The number of nitrogens with one attached hydrogen (secondary N) is 3. The van der Waals surface area contributed by atoms with E-state index in [0.717, 1.165) is 12.0 Å². The Balaban J connectivity index is 1.35.